The summed E-state index contributed by atoms with van der Waals surface area (Å²) in [6.45, 7) is 8.37. The molecule has 0 aromatic heterocycles. The standard InChI is InChI=1S/C13H23NO2/c1-5-11(15)12(16)14-10-6-9(2)7-13(3,4)8-10/h6,9,11,15H,5,7-8H2,1-4H3,(H,14,16). The third-order valence-corrected chi connectivity index (χ3v) is 3.00. The van der Waals surface area contributed by atoms with Gasteiger partial charge >= 0.3 is 0 Å². The van der Waals surface area contributed by atoms with E-state index in [4.69, 9.17) is 0 Å². The minimum atomic E-state index is -0.888. The first-order valence-corrected chi connectivity index (χ1v) is 6.03. The van der Waals surface area contributed by atoms with Crippen molar-refractivity contribution in [3.8, 4) is 0 Å². The maximum Gasteiger partial charge on any atom is 0.252 e. The zero-order chi connectivity index (χ0) is 12.3. The van der Waals surface area contributed by atoms with Crippen molar-refractivity contribution >= 4 is 5.91 Å². The lowest BCUT2D eigenvalue weighted by Gasteiger charge is -2.33. The summed E-state index contributed by atoms with van der Waals surface area (Å²) in [4.78, 5) is 11.6. The van der Waals surface area contributed by atoms with Crippen molar-refractivity contribution in [2.24, 2.45) is 11.3 Å². The second-order valence-corrected chi connectivity index (χ2v) is 5.63. The van der Waals surface area contributed by atoms with Crippen LogP contribution in [-0.2, 0) is 4.79 Å². The molecule has 0 bridgehead atoms. The number of nitrogens with one attached hydrogen (secondary N) is 1. The maximum absolute atomic E-state index is 11.6. The number of amides is 1. The Kier molecular flexibility index (Phi) is 4.14. The average molecular weight is 225 g/mol. The van der Waals surface area contributed by atoms with Crippen LogP contribution in [0, 0.1) is 11.3 Å². The van der Waals surface area contributed by atoms with Gasteiger partial charge in [-0.3, -0.25) is 4.79 Å². The van der Waals surface area contributed by atoms with Gasteiger partial charge in [0, 0.05) is 5.70 Å². The van der Waals surface area contributed by atoms with E-state index >= 15 is 0 Å². The Balaban J connectivity index is 2.64. The first kappa shape index (κ1) is 13.2. The SMILES string of the molecule is CCC(O)C(=O)NC1=CC(C)CC(C)(C)C1. The van der Waals surface area contributed by atoms with Crippen LogP contribution >= 0.6 is 0 Å². The van der Waals surface area contributed by atoms with E-state index in [1.165, 1.54) is 0 Å². The molecule has 0 saturated carbocycles. The van der Waals surface area contributed by atoms with Gasteiger partial charge in [0.05, 0.1) is 0 Å². The Bertz CT molecular complexity index is 294. The van der Waals surface area contributed by atoms with Crippen LogP contribution in [0.5, 0.6) is 0 Å². The molecule has 2 N–H and O–H groups in total. The molecule has 1 aliphatic carbocycles. The Morgan fingerprint density at radius 3 is 2.81 bits per heavy atom. The fraction of sp³-hybridized carbons (Fsp3) is 0.769. The minimum absolute atomic E-state index is 0.230. The van der Waals surface area contributed by atoms with Gasteiger partial charge in [-0.1, -0.05) is 33.8 Å². The van der Waals surface area contributed by atoms with Crippen LogP contribution in [0.1, 0.15) is 47.0 Å². The zero-order valence-electron chi connectivity index (χ0n) is 10.7. The van der Waals surface area contributed by atoms with E-state index in [0.717, 1.165) is 18.5 Å². The van der Waals surface area contributed by atoms with Gasteiger partial charge in [0.1, 0.15) is 6.10 Å². The van der Waals surface area contributed by atoms with Crippen LogP contribution in [-0.4, -0.2) is 17.1 Å². The van der Waals surface area contributed by atoms with Gasteiger partial charge in [-0.05, 0) is 30.6 Å². The number of rotatable bonds is 3. The van der Waals surface area contributed by atoms with Gasteiger partial charge < -0.3 is 10.4 Å². The molecule has 0 saturated heterocycles. The fourth-order valence-corrected chi connectivity index (χ4v) is 2.43. The lowest BCUT2D eigenvalue weighted by atomic mass is 9.75. The van der Waals surface area contributed by atoms with Crippen molar-refractivity contribution in [1.29, 1.82) is 0 Å². The Morgan fingerprint density at radius 1 is 1.69 bits per heavy atom. The second-order valence-electron chi connectivity index (χ2n) is 5.63. The summed E-state index contributed by atoms with van der Waals surface area (Å²) < 4.78 is 0. The summed E-state index contributed by atoms with van der Waals surface area (Å²) in [7, 11) is 0. The number of hydrogen-bond donors (Lipinski definition) is 2. The Labute approximate surface area is 97.9 Å². The van der Waals surface area contributed by atoms with E-state index in [1.807, 2.05) is 0 Å². The first-order chi connectivity index (χ1) is 7.34. The van der Waals surface area contributed by atoms with Crippen LogP contribution in [0.25, 0.3) is 0 Å². The van der Waals surface area contributed by atoms with Crippen LogP contribution < -0.4 is 5.32 Å². The van der Waals surface area contributed by atoms with Gasteiger partial charge in [0.15, 0.2) is 0 Å². The van der Waals surface area contributed by atoms with E-state index in [-0.39, 0.29) is 11.3 Å². The number of hydrogen-bond acceptors (Lipinski definition) is 2. The summed E-state index contributed by atoms with van der Waals surface area (Å²) >= 11 is 0. The van der Waals surface area contributed by atoms with Gasteiger partial charge in [-0.2, -0.15) is 0 Å². The molecule has 1 aliphatic rings. The summed E-state index contributed by atoms with van der Waals surface area (Å²) in [5.41, 5.74) is 1.19. The number of aliphatic hydroxyl groups is 1. The molecule has 92 valence electrons. The molecule has 2 unspecified atom stereocenters. The van der Waals surface area contributed by atoms with Crippen molar-refractivity contribution in [3.63, 3.8) is 0 Å². The third-order valence-electron chi connectivity index (χ3n) is 3.00. The van der Waals surface area contributed by atoms with E-state index in [9.17, 15) is 9.90 Å². The quantitative estimate of drug-likeness (QED) is 0.773. The van der Waals surface area contributed by atoms with Gasteiger partial charge in [-0.15, -0.1) is 0 Å². The number of carbonyl (C=O) groups is 1. The highest BCUT2D eigenvalue weighted by Gasteiger charge is 2.27. The smallest absolute Gasteiger partial charge is 0.252 e. The zero-order valence-corrected chi connectivity index (χ0v) is 10.7. The monoisotopic (exact) mass is 225 g/mol. The molecule has 16 heavy (non-hydrogen) atoms. The van der Waals surface area contributed by atoms with E-state index < -0.39 is 6.10 Å². The molecule has 0 fully saturated rings. The van der Waals surface area contributed by atoms with Crippen molar-refractivity contribution in [1.82, 2.24) is 5.32 Å². The summed E-state index contributed by atoms with van der Waals surface area (Å²) in [5.74, 6) is 0.205. The average Bonchev–Trinajstić information content (AvgIpc) is 2.12. The molecule has 0 heterocycles. The van der Waals surface area contributed by atoms with E-state index in [2.05, 4.69) is 32.2 Å². The van der Waals surface area contributed by atoms with Crippen molar-refractivity contribution in [2.75, 3.05) is 0 Å². The number of carbonyl (C=O) groups excluding carboxylic acids is 1. The van der Waals surface area contributed by atoms with Gasteiger partial charge in [-0.25, -0.2) is 0 Å². The molecule has 2 atom stereocenters. The lowest BCUT2D eigenvalue weighted by Crippen LogP contribution is -2.36. The summed E-state index contributed by atoms with van der Waals surface area (Å²) in [6, 6.07) is 0. The highest BCUT2D eigenvalue weighted by atomic mass is 16.3. The molecule has 0 aromatic carbocycles. The van der Waals surface area contributed by atoms with Crippen molar-refractivity contribution in [3.05, 3.63) is 11.8 Å². The lowest BCUT2D eigenvalue weighted by molar-refractivity contribution is -0.128. The highest BCUT2D eigenvalue weighted by molar-refractivity contribution is 5.82. The number of allylic oxidation sites excluding steroid dienone is 2. The summed E-state index contributed by atoms with van der Waals surface area (Å²) in [6.07, 6.45) is 3.69. The predicted molar refractivity (Wildman–Crippen MR) is 64.7 cm³/mol. The Hall–Kier alpha value is -0.830. The summed E-state index contributed by atoms with van der Waals surface area (Å²) in [5, 5.41) is 12.2. The number of aliphatic hydroxyl groups excluding tert-OH is 1. The van der Waals surface area contributed by atoms with Crippen LogP contribution in [0.2, 0.25) is 0 Å². The molecule has 0 aliphatic heterocycles. The van der Waals surface area contributed by atoms with Crippen molar-refractivity contribution < 1.29 is 9.90 Å². The van der Waals surface area contributed by atoms with Crippen LogP contribution in [0.3, 0.4) is 0 Å². The molecule has 0 spiro atoms. The molecule has 3 heteroatoms. The molecule has 3 nitrogen and oxygen atoms in total. The second kappa shape index (κ2) is 5.00. The van der Waals surface area contributed by atoms with Gasteiger partial charge in [0.2, 0.25) is 0 Å². The molecule has 0 radical (unpaired) electrons. The fourth-order valence-electron chi connectivity index (χ4n) is 2.43. The molecule has 0 aromatic rings. The third kappa shape index (κ3) is 3.63. The largest absolute Gasteiger partial charge is 0.383 e. The molecular formula is C13H23NO2. The van der Waals surface area contributed by atoms with E-state index in [0.29, 0.717) is 12.3 Å². The highest BCUT2D eigenvalue weighted by Crippen LogP contribution is 2.36. The predicted octanol–water partition coefficient (Wildman–Crippen LogP) is 2.21. The van der Waals surface area contributed by atoms with Crippen LogP contribution in [0.15, 0.2) is 11.8 Å². The molecular weight excluding hydrogens is 202 g/mol. The maximum atomic E-state index is 11.6. The molecule has 1 amide bonds. The topological polar surface area (TPSA) is 49.3 Å². The minimum Gasteiger partial charge on any atom is -0.383 e. The molecule has 1 rings (SSSR count). The van der Waals surface area contributed by atoms with Crippen LogP contribution in [0.4, 0.5) is 0 Å². The van der Waals surface area contributed by atoms with Gasteiger partial charge in [0.25, 0.3) is 5.91 Å². The Morgan fingerprint density at radius 2 is 2.31 bits per heavy atom. The first-order valence-electron chi connectivity index (χ1n) is 6.03. The normalized spacial score (nSPS) is 25.8. The van der Waals surface area contributed by atoms with E-state index in [1.54, 1.807) is 6.92 Å². The van der Waals surface area contributed by atoms with Crippen molar-refractivity contribution in [2.45, 2.75) is 53.1 Å².